The summed E-state index contributed by atoms with van der Waals surface area (Å²) in [6.45, 7) is 1.83. The number of hydrogen-bond donors (Lipinski definition) is 3. The first-order chi connectivity index (χ1) is 8.28. The van der Waals surface area contributed by atoms with E-state index < -0.39 is 0 Å². The summed E-state index contributed by atoms with van der Waals surface area (Å²) in [5.41, 5.74) is 8.45. The van der Waals surface area contributed by atoms with Crippen LogP contribution in [-0.2, 0) is 19.6 Å². The summed E-state index contributed by atoms with van der Waals surface area (Å²) in [5.74, 6) is 0. The summed E-state index contributed by atoms with van der Waals surface area (Å²) in [6.07, 6.45) is 1.76. The van der Waals surface area contributed by atoms with Crippen LogP contribution in [0, 0.1) is 0 Å². The van der Waals surface area contributed by atoms with Gasteiger partial charge in [-0.1, -0.05) is 11.3 Å². The molecule has 2 aromatic rings. The van der Waals surface area contributed by atoms with Crippen LogP contribution in [-0.4, -0.2) is 9.97 Å². The molecule has 2 heterocycles. The van der Waals surface area contributed by atoms with Crippen LogP contribution in [0.4, 0.5) is 0 Å². The largest absolute Gasteiger partial charge is 0.325 e. The highest BCUT2D eigenvalue weighted by Gasteiger charge is 1.98. The smallest absolute Gasteiger partial charge is 0.304 e. The van der Waals surface area contributed by atoms with E-state index in [-0.39, 0.29) is 4.87 Å². The zero-order valence-electron chi connectivity index (χ0n) is 9.27. The first-order valence-corrected chi connectivity index (χ1v) is 6.17. The molecule has 0 saturated carbocycles. The van der Waals surface area contributed by atoms with Gasteiger partial charge in [-0.2, -0.15) is 0 Å². The van der Waals surface area contributed by atoms with Crippen LogP contribution in [0.15, 0.2) is 28.5 Å². The summed E-state index contributed by atoms with van der Waals surface area (Å²) in [7, 11) is 0. The Labute approximate surface area is 103 Å². The molecular formula is C11H14N4OS. The number of thiazole rings is 1. The normalized spacial score (nSPS) is 10.6. The van der Waals surface area contributed by atoms with Gasteiger partial charge >= 0.3 is 4.87 Å². The van der Waals surface area contributed by atoms with E-state index in [1.54, 1.807) is 6.20 Å². The lowest BCUT2D eigenvalue weighted by Gasteiger charge is -2.04. The van der Waals surface area contributed by atoms with Crippen LogP contribution in [0.5, 0.6) is 0 Å². The number of rotatable bonds is 5. The van der Waals surface area contributed by atoms with E-state index in [9.17, 15) is 4.79 Å². The molecule has 2 aromatic heterocycles. The van der Waals surface area contributed by atoms with Crippen LogP contribution in [0.25, 0.3) is 0 Å². The van der Waals surface area contributed by atoms with Crippen LogP contribution in [0.2, 0.25) is 0 Å². The molecule has 0 aromatic carbocycles. The van der Waals surface area contributed by atoms with Gasteiger partial charge in [0.05, 0.1) is 5.69 Å². The third-order valence-corrected chi connectivity index (χ3v) is 3.02. The molecule has 0 saturated heterocycles. The van der Waals surface area contributed by atoms with E-state index in [1.807, 2.05) is 17.5 Å². The minimum Gasteiger partial charge on any atom is -0.325 e. The molecule has 0 atom stereocenters. The lowest BCUT2D eigenvalue weighted by molar-refractivity contribution is 0.680. The minimum atomic E-state index is -0.0175. The zero-order chi connectivity index (χ0) is 12.1. The molecule has 0 unspecified atom stereocenters. The standard InChI is InChI=1S/C11H14N4OS/c12-4-9-3-8(1-2-14-9)5-13-6-10-7-17-11(16)15-10/h1-3,7,13H,4-6,12H2,(H,15,16). The van der Waals surface area contributed by atoms with Crippen LogP contribution >= 0.6 is 11.3 Å². The fourth-order valence-corrected chi connectivity index (χ4v) is 2.07. The zero-order valence-corrected chi connectivity index (χ0v) is 10.1. The lowest BCUT2D eigenvalue weighted by Crippen LogP contribution is -2.14. The van der Waals surface area contributed by atoms with E-state index in [0.717, 1.165) is 23.5 Å². The van der Waals surface area contributed by atoms with Crippen molar-refractivity contribution >= 4 is 11.3 Å². The number of H-pyrrole nitrogens is 1. The Morgan fingerprint density at radius 3 is 3.06 bits per heavy atom. The monoisotopic (exact) mass is 250 g/mol. The van der Waals surface area contributed by atoms with Crippen molar-refractivity contribution in [1.29, 1.82) is 0 Å². The molecule has 0 fully saturated rings. The second-order valence-corrected chi connectivity index (χ2v) is 4.48. The van der Waals surface area contributed by atoms with Crippen molar-refractivity contribution in [3.63, 3.8) is 0 Å². The first-order valence-electron chi connectivity index (χ1n) is 5.29. The average Bonchev–Trinajstić information content (AvgIpc) is 2.75. The predicted octanol–water partition coefficient (Wildman–Crippen LogP) is 0.580. The van der Waals surface area contributed by atoms with Crippen LogP contribution < -0.4 is 15.9 Å². The lowest BCUT2D eigenvalue weighted by atomic mass is 10.2. The molecule has 0 aliphatic heterocycles. The third-order valence-electron chi connectivity index (χ3n) is 2.31. The maximum absolute atomic E-state index is 10.9. The summed E-state index contributed by atoms with van der Waals surface area (Å²) >= 11 is 1.18. The van der Waals surface area contributed by atoms with Gasteiger partial charge in [0.2, 0.25) is 0 Å². The Hall–Kier alpha value is -1.50. The highest BCUT2D eigenvalue weighted by molar-refractivity contribution is 7.07. The predicted molar refractivity (Wildman–Crippen MR) is 67.6 cm³/mol. The molecule has 4 N–H and O–H groups in total. The number of nitrogens with one attached hydrogen (secondary N) is 2. The molecule has 0 bridgehead atoms. The van der Waals surface area contributed by atoms with Gasteiger partial charge in [-0.15, -0.1) is 0 Å². The summed E-state index contributed by atoms with van der Waals surface area (Å²) < 4.78 is 0. The van der Waals surface area contributed by atoms with Crippen molar-refractivity contribution in [1.82, 2.24) is 15.3 Å². The van der Waals surface area contributed by atoms with E-state index in [1.165, 1.54) is 11.3 Å². The average molecular weight is 250 g/mol. The van der Waals surface area contributed by atoms with Gasteiger partial charge in [0.25, 0.3) is 0 Å². The molecule has 5 nitrogen and oxygen atoms in total. The summed E-state index contributed by atoms with van der Waals surface area (Å²) in [4.78, 5) is 17.8. The molecule has 17 heavy (non-hydrogen) atoms. The molecule has 0 amide bonds. The van der Waals surface area contributed by atoms with Gasteiger partial charge in [-0.25, -0.2) is 0 Å². The van der Waals surface area contributed by atoms with E-state index in [0.29, 0.717) is 13.1 Å². The SMILES string of the molecule is NCc1cc(CNCc2csc(=O)[nH]2)ccn1. The van der Waals surface area contributed by atoms with Gasteiger partial charge in [0, 0.05) is 36.9 Å². The highest BCUT2D eigenvalue weighted by atomic mass is 32.1. The van der Waals surface area contributed by atoms with Crippen molar-refractivity contribution in [3.8, 4) is 0 Å². The fourth-order valence-electron chi connectivity index (χ4n) is 1.49. The maximum atomic E-state index is 10.9. The number of pyridine rings is 1. The molecule has 0 radical (unpaired) electrons. The molecule has 90 valence electrons. The third kappa shape index (κ3) is 3.48. The topological polar surface area (TPSA) is 83.8 Å². The number of hydrogen-bond acceptors (Lipinski definition) is 5. The van der Waals surface area contributed by atoms with E-state index in [2.05, 4.69) is 15.3 Å². The van der Waals surface area contributed by atoms with E-state index >= 15 is 0 Å². The Morgan fingerprint density at radius 2 is 2.35 bits per heavy atom. The second-order valence-electron chi connectivity index (χ2n) is 3.64. The van der Waals surface area contributed by atoms with Crippen molar-refractivity contribution in [2.45, 2.75) is 19.6 Å². The Balaban J connectivity index is 1.87. The molecule has 0 aliphatic rings. The Bertz CT molecular complexity index is 534. The van der Waals surface area contributed by atoms with Crippen LogP contribution in [0.1, 0.15) is 17.0 Å². The quantitative estimate of drug-likeness (QED) is 0.725. The molecule has 2 rings (SSSR count). The van der Waals surface area contributed by atoms with Crippen molar-refractivity contribution in [3.05, 3.63) is 50.3 Å². The summed E-state index contributed by atoms with van der Waals surface area (Å²) in [6, 6.07) is 3.92. The molecule has 0 spiro atoms. The Morgan fingerprint density at radius 1 is 1.47 bits per heavy atom. The van der Waals surface area contributed by atoms with E-state index in [4.69, 9.17) is 5.73 Å². The van der Waals surface area contributed by atoms with Gasteiger partial charge in [0.15, 0.2) is 0 Å². The number of nitrogens with two attached hydrogens (primary N) is 1. The summed E-state index contributed by atoms with van der Waals surface area (Å²) in [5, 5.41) is 5.08. The van der Waals surface area contributed by atoms with Gasteiger partial charge < -0.3 is 16.0 Å². The minimum absolute atomic E-state index is 0.0175. The maximum Gasteiger partial charge on any atom is 0.304 e. The van der Waals surface area contributed by atoms with Gasteiger partial charge in [-0.3, -0.25) is 9.78 Å². The van der Waals surface area contributed by atoms with Gasteiger partial charge in [0.1, 0.15) is 0 Å². The molecular weight excluding hydrogens is 236 g/mol. The van der Waals surface area contributed by atoms with Crippen molar-refractivity contribution < 1.29 is 0 Å². The number of nitrogens with zero attached hydrogens (tertiary/aromatic N) is 1. The Kier molecular flexibility index (Phi) is 4.03. The number of aromatic nitrogens is 2. The first kappa shape index (κ1) is 12.0. The second kappa shape index (κ2) is 5.72. The van der Waals surface area contributed by atoms with Crippen molar-refractivity contribution in [2.75, 3.05) is 0 Å². The molecule has 0 aliphatic carbocycles. The highest BCUT2D eigenvalue weighted by Crippen LogP contribution is 2.02. The van der Waals surface area contributed by atoms with Gasteiger partial charge in [-0.05, 0) is 17.7 Å². The number of aromatic amines is 1. The molecule has 6 heteroatoms. The fraction of sp³-hybridized carbons (Fsp3) is 0.273. The van der Waals surface area contributed by atoms with Crippen molar-refractivity contribution in [2.24, 2.45) is 5.73 Å². The van der Waals surface area contributed by atoms with Crippen LogP contribution in [0.3, 0.4) is 0 Å².